The van der Waals surface area contributed by atoms with Crippen LogP contribution in [-0.4, -0.2) is 60.6 Å². The molecule has 152 valence electrons. The van der Waals surface area contributed by atoms with E-state index in [-0.39, 0.29) is 5.91 Å². The highest BCUT2D eigenvalue weighted by molar-refractivity contribution is 7.09. The van der Waals surface area contributed by atoms with Crippen molar-refractivity contribution in [1.82, 2.24) is 14.8 Å². The number of hydrogen-bond donors (Lipinski definition) is 0. The minimum atomic E-state index is 0.0995. The molecule has 0 N–H and O–H groups in total. The predicted molar refractivity (Wildman–Crippen MR) is 111 cm³/mol. The van der Waals surface area contributed by atoms with Crippen LogP contribution in [0.4, 0.5) is 0 Å². The molecule has 0 aliphatic carbocycles. The number of carbonyl (C=O) groups is 1. The van der Waals surface area contributed by atoms with Crippen LogP contribution in [0.5, 0.6) is 5.75 Å². The third-order valence-corrected chi connectivity index (χ3v) is 5.64. The van der Waals surface area contributed by atoms with E-state index in [2.05, 4.69) is 9.88 Å². The fourth-order valence-corrected chi connectivity index (χ4v) is 3.86. The van der Waals surface area contributed by atoms with Gasteiger partial charge < -0.3 is 14.4 Å². The molecule has 1 aliphatic heterocycles. The number of morpholine rings is 1. The van der Waals surface area contributed by atoms with Gasteiger partial charge in [-0.15, -0.1) is 11.3 Å². The second-order valence-electron chi connectivity index (χ2n) is 6.78. The molecule has 3 rings (SSSR count). The van der Waals surface area contributed by atoms with Gasteiger partial charge in [0.2, 0.25) is 5.91 Å². The quantitative estimate of drug-likeness (QED) is 0.578. The summed E-state index contributed by atoms with van der Waals surface area (Å²) in [6, 6.07) is 7.23. The Morgan fingerprint density at radius 1 is 1.32 bits per heavy atom. The zero-order chi connectivity index (χ0) is 19.8. The van der Waals surface area contributed by atoms with Crippen LogP contribution in [0.3, 0.4) is 0 Å². The molecule has 1 saturated heterocycles. The van der Waals surface area contributed by atoms with E-state index < -0.39 is 0 Å². The van der Waals surface area contributed by atoms with Gasteiger partial charge in [0.1, 0.15) is 10.8 Å². The summed E-state index contributed by atoms with van der Waals surface area (Å²) in [5, 5.41) is 3.82. The van der Waals surface area contributed by atoms with Crippen molar-refractivity contribution in [2.45, 2.75) is 25.9 Å². The summed E-state index contributed by atoms with van der Waals surface area (Å²) in [5.74, 6) is 0.864. The topological polar surface area (TPSA) is 54.9 Å². The van der Waals surface area contributed by atoms with Crippen LogP contribution in [0.15, 0.2) is 29.6 Å². The highest BCUT2D eigenvalue weighted by Crippen LogP contribution is 2.17. The number of nitrogens with zero attached hydrogens (tertiary/aromatic N) is 3. The van der Waals surface area contributed by atoms with Crippen LogP contribution in [0, 0.1) is 0 Å². The van der Waals surface area contributed by atoms with Crippen molar-refractivity contribution in [3.63, 3.8) is 0 Å². The van der Waals surface area contributed by atoms with E-state index in [1.165, 1.54) is 0 Å². The first-order valence-electron chi connectivity index (χ1n) is 9.46. The number of aromatic nitrogens is 1. The molecular weight excluding hydrogens is 398 g/mol. The molecule has 0 atom stereocenters. The summed E-state index contributed by atoms with van der Waals surface area (Å²) in [5.41, 5.74) is 0.946. The zero-order valence-corrected chi connectivity index (χ0v) is 17.7. The van der Waals surface area contributed by atoms with Crippen molar-refractivity contribution >= 4 is 28.8 Å². The van der Waals surface area contributed by atoms with Gasteiger partial charge in [-0.1, -0.05) is 11.6 Å². The maximum absolute atomic E-state index is 12.3. The molecule has 6 nitrogen and oxygen atoms in total. The molecule has 2 aromatic rings. The van der Waals surface area contributed by atoms with Gasteiger partial charge in [-0.25, -0.2) is 4.98 Å². The average Bonchev–Trinajstić information content (AvgIpc) is 3.14. The van der Waals surface area contributed by atoms with Gasteiger partial charge in [0.05, 0.1) is 38.6 Å². The van der Waals surface area contributed by atoms with Gasteiger partial charge in [0.15, 0.2) is 0 Å². The molecule has 0 saturated carbocycles. The molecule has 8 heteroatoms. The van der Waals surface area contributed by atoms with E-state index in [0.29, 0.717) is 31.0 Å². The van der Waals surface area contributed by atoms with E-state index in [9.17, 15) is 4.79 Å². The number of hydrogen-bond acceptors (Lipinski definition) is 6. The van der Waals surface area contributed by atoms with E-state index in [4.69, 9.17) is 21.1 Å². The van der Waals surface area contributed by atoms with Crippen molar-refractivity contribution in [2.75, 3.05) is 40.0 Å². The average molecular weight is 424 g/mol. The van der Waals surface area contributed by atoms with Crippen LogP contribution in [0.1, 0.15) is 23.5 Å². The van der Waals surface area contributed by atoms with Gasteiger partial charge in [-0.3, -0.25) is 9.69 Å². The molecule has 28 heavy (non-hydrogen) atoms. The third kappa shape index (κ3) is 6.74. The third-order valence-electron chi connectivity index (χ3n) is 4.50. The Balaban J connectivity index is 1.36. The van der Waals surface area contributed by atoms with Crippen LogP contribution in [-0.2, 0) is 22.6 Å². The van der Waals surface area contributed by atoms with Gasteiger partial charge in [-0.05, 0) is 30.7 Å². The fourth-order valence-electron chi connectivity index (χ4n) is 2.91. The van der Waals surface area contributed by atoms with Crippen molar-refractivity contribution in [2.24, 2.45) is 0 Å². The van der Waals surface area contributed by atoms with Crippen LogP contribution in [0.2, 0.25) is 5.02 Å². The smallest absolute Gasteiger partial charge is 0.222 e. The maximum atomic E-state index is 12.3. The van der Waals surface area contributed by atoms with Crippen LogP contribution < -0.4 is 4.74 Å². The van der Waals surface area contributed by atoms with Crippen LogP contribution in [0.25, 0.3) is 0 Å². The van der Waals surface area contributed by atoms with Crippen molar-refractivity contribution in [1.29, 1.82) is 0 Å². The summed E-state index contributed by atoms with van der Waals surface area (Å²) in [4.78, 5) is 21.1. The summed E-state index contributed by atoms with van der Waals surface area (Å²) < 4.78 is 11.0. The molecule has 1 aromatic heterocycles. The molecule has 0 unspecified atom stereocenters. The predicted octanol–water partition coefficient (Wildman–Crippen LogP) is 3.45. The first-order valence-corrected chi connectivity index (χ1v) is 10.7. The molecule has 1 aromatic carbocycles. The summed E-state index contributed by atoms with van der Waals surface area (Å²) in [7, 11) is 1.82. The minimum Gasteiger partial charge on any atom is -0.494 e. The maximum Gasteiger partial charge on any atom is 0.222 e. The lowest BCUT2D eigenvalue weighted by Crippen LogP contribution is -2.35. The normalized spacial score (nSPS) is 14.8. The lowest BCUT2D eigenvalue weighted by Gasteiger charge is -2.25. The van der Waals surface area contributed by atoms with Crippen molar-refractivity contribution in [3.8, 4) is 5.75 Å². The van der Waals surface area contributed by atoms with Crippen molar-refractivity contribution < 1.29 is 14.3 Å². The van der Waals surface area contributed by atoms with E-state index in [0.717, 1.165) is 49.3 Å². The van der Waals surface area contributed by atoms with E-state index in [1.54, 1.807) is 28.4 Å². The number of benzene rings is 1. The number of ether oxygens (including phenoxy) is 2. The molecule has 0 spiro atoms. The Labute approximate surface area is 175 Å². The molecule has 0 radical (unpaired) electrons. The van der Waals surface area contributed by atoms with E-state index in [1.807, 2.05) is 24.6 Å². The zero-order valence-electron chi connectivity index (χ0n) is 16.1. The fraction of sp³-hybridized carbons (Fsp3) is 0.500. The molecule has 1 fully saturated rings. The lowest BCUT2D eigenvalue weighted by molar-refractivity contribution is -0.130. The number of halogens is 1. The Bertz CT molecular complexity index is 747. The highest BCUT2D eigenvalue weighted by Gasteiger charge is 2.15. The minimum absolute atomic E-state index is 0.0995. The second-order valence-corrected chi connectivity index (χ2v) is 8.16. The summed E-state index contributed by atoms with van der Waals surface area (Å²) in [6.45, 7) is 5.37. The number of amides is 1. The second kappa shape index (κ2) is 10.8. The Kier molecular flexibility index (Phi) is 8.09. The largest absolute Gasteiger partial charge is 0.494 e. The van der Waals surface area contributed by atoms with Gasteiger partial charge in [0.25, 0.3) is 0 Å². The number of carbonyl (C=O) groups excluding carboxylic acids is 1. The summed E-state index contributed by atoms with van der Waals surface area (Å²) >= 11 is 7.50. The first-order chi connectivity index (χ1) is 13.6. The lowest BCUT2D eigenvalue weighted by atomic mass is 10.3. The molecule has 2 heterocycles. The molecular formula is C20H26ClN3O3S. The van der Waals surface area contributed by atoms with Gasteiger partial charge >= 0.3 is 0 Å². The monoisotopic (exact) mass is 423 g/mol. The van der Waals surface area contributed by atoms with E-state index >= 15 is 0 Å². The standard InChI is InChI=1S/C20H26ClN3O3S/c1-23(20(25)3-2-10-27-18-6-4-16(21)5-7-18)13-17-15-28-19(22-17)14-24-8-11-26-12-9-24/h4-7,15H,2-3,8-14H2,1H3. The SMILES string of the molecule is CN(Cc1csc(CN2CCOCC2)n1)C(=O)CCCOc1ccc(Cl)cc1. The van der Waals surface area contributed by atoms with Crippen molar-refractivity contribution in [3.05, 3.63) is 45.4 Å². The molecule has 0 bridgehead atoms. The number of rotatable bonds is 9. The number of thiazole rings is 1. The Morgan fingerprint density at radius 3 is 2.82 bits per heavy atom. The highest BCUT2D eigenvalue weighted by atomic mass is 35.5. The molecule has 1 amide bonds. The first kappa shape index (κ1) is 21.0. The summed E-state index contributed by atoms with van der Waals surface area (Å²) in [6.07, 6.45) is 1.13. The Morgan fingerprint density at radius 2 is 2.07 bits per heavy atom. The van der Waals surface area contributed by atoms with Crippen LogP contribution >= 0.6 is 22.9 Å². The van der Waals surface area contributed by atoms with Gasteiger partial charge in [0, 0.05) is 37.0 Å². The molecule has 1 aliphatic rings. The van der Waals surface area contributed by atoms with Gasteiger partial charge in [-0.2, -0.15) is 0 Å². The Hall–Kier alpha value is -1.67.